The van der Waals surface area contributed by atoms with Crippen LogP contribution in [0.3, 0.4) is 0 Å². The lowest BCUT2D eigenvalue weighted by Gasteiger charge is -2.19. The van der Waals surface area contributed by atoms with Crippen LogP contribution in [-0.2, 0) is 9.53 Å². The first kappa shape index (κ1) is 20.1. The van der Waals surface area contributed by atoms with E-state index in [4.69, 9.17) is 0 Å². The van der Waals surface area contributed by atoms with Crippen molar-refractivity contribution >= 4 is 5.97 Å². The fraction of sp³-hybridized carbons (Fsp3) is 0.923. The summed E-state index contributed by atoms with van der Waals surface area (Å²) in [7, 11) is 0. The quantitative estimate of drug-likeness (QED) is 0.333. The van der Waals surface area contributed by atoms with Crippen molar-refractivity contribution in [3.8, 4) is 0 Å². The first-order valence-electron chi connectivity index (χ1n) is 6.83. The molecule has 0 aliphatic heterocycles. The molecule has 0 aromatic rings. The van der Waals surface area contributed by atoms with Gasteiger partial charge in [-0.25, -0.2) is 0 Å². The maximum absolute atomic E-state index is 12.5. The van der Waals surface area contributed by atoms with Crippen molar-refractivity contribution in [3.05, 3.63) is 0 Å². The highest BCUT2D eigenvalue weighted by atomic mass is 19.4. The van der Waals surface area contributed by atoms with E-state index in [2.05, 4.69) is 4.74 Å². The number of hydrogen-bond acceptors (Lipinski definition) is 2. The minimum Gasteiger partial charge on any atom is -0.453 e. The van der Waals surface area contributed by atoms with E-state index in [-0.39, 0.29) is 19.3 Å². The molecular weight excluding hydrogens is 302 g/mol. The molecule has 126 valence electrons. The van der Waals surface area contributed by atoms with Crippen molar-refractivity contribution < 1.29 is 35.9 Å². The van der Waals surface area contributed by atoms with Gasteiger partial charge in [-0.1, -0.05) is 25.7 Å². The molecule has 0 aromatic carbocycles. The Morgan fingerprint density at radius 2 is 1.38 bits per heavy atom. The van der Waals surface area contributed by atoms with Crippen LogP contribution in [0.1, 0.15) is 58.3 Å². The number of carbonyl (C=O) groups is 1. The van der Waals surface area contributed by atoms with Crippen molar-refractivity contribution in [1.82, 2.24) is 0 Å². The highest BCUT2D eigenvalue weighted by Crippen LogP contribution is 2.27. The SMILES string of the molecule is CC(=O)OC(CCCCCCCCC(F)(F)F)C(F)(F)F. The molecule has 8 heteroatoms. The van der Waals surface area contributed by atoms with Gasteiger partial charge >= 0.3 is 18.3 Å². The molecule has 0 N–H and O–H groups in total. The van der Waals surface area contributed by atoms with Crippen LogP contribution in [0.4, 0.5) is 26.3 Å². The minimum atomic E-state index is -4.58. The van der Waals surface area contributed by atoms with E-state index in [0.717, 1.165) is 6.92 Å². The molecule has 0 fully saturated rings. The van der Waals surface area contributed by atoms with E-state index in [0.29, 0.717) is 25.7 Å². The van der Waals surface area contributed by atoms with E-state index in [1.54, 1.807) is 0 Å². The molecule has 0 radical (unpaired) electrons. The summed E-state index contributed by atoms with van der Waals surface area (Å²) in [6.07, 6.45) is -9.70. The third kappa shape index (κ3) is 12.5. The Morgan fingerprint density at radius 1 is 0.905 bits per heavy atom. The van der Waals surface area contributed by atoms with Crippen LogP contribution < -0.4 is 0 Å². The Hall–Kier alpha value is -0.950. The number of unbranched alkanes of at least 4 members (excludes halogenated alkanes) is 5. The summed E-state index contributed by atoms with van der Waals surface area (Å²) >= 11 is 0. The summed E-state index contributed by atoms with van der Waals surface area (Å²) in [5.74, 6) is -0.982. The van der Waals surface area contributed by atoms with Crippen LogP contribution in [0.15, 0.2) is 0 Å². The van der Waals surface area contributed by atoms with Crippen LogP contribution in [0.2, 0.25) is 0 Å². The number of carbonyl (C=O) groups excluding carboxylic acids is 1. The van der Waals surface area contributed by atoms with E-state index in [1.807, 2.05) is 0 Å². The van der Waals surface area contributed by atoms with Crippen LogP contribution in [0.25, 0.3) is 0 Å². The molecule has 21 heavy (non-hydrogen) atoms. The van der Waals surface area contributed by atoms with Gasteiger partial charge in [0.25, 0.3) is 0 Å². The lowest BCUT2D eigenvalue weighted by Crippen LogP contribution is -2.33. The average molecular weight is 322 g/mol. The molecule has 1 atom stereocenters. The number of ether oxygens (including phenoxy) is 1. The molecule has 0 spiro atoms. The number of halogens is 6. The van der Waals surface area contributed by atoms with Crippen molar-refractivity contribution in [2.45, 2.75) is 76.7 Å². The number of rotatable bonds is 9. The molecular formula is C13H20F6O2. The molecule has 0 saturated carbocycles. The highest BCUT2D eigenvalue weighted by Gasteiger charge is 2.41. The zero-order valence-electron chi connectivity index (χ0n) is 11.8. The molecule has 0 aliphatic rings. The van der Waals surface area contributed by atoms with Gasteiger partial charge in [-0.15, -0.1) is 0 Å². The Labute approximate surface area is 119 Å². The molecule has 1 unspecified atom stereocenters. The van der Waals surface area contributed by atoms with E-state index in [1.165, 1.54) is 0 Å². The van der Waals surface area contributed by atoms with Crippen LogP contribution in [-0.4, -0.2) is 24.4 Å². The van der Waals surface area contributed by atoms with Gasteiger partial charge in [0.05, 0.1) is 0 Å². The molecule has 2 nitrogen and oxygen atoms in total. The van der Waals surface area contributed by atoms with Gasteiger partial charge in [-0.05, 0) is 19.3 Å². The molecule has 0 bridgehead atoms. The lowest BCUT2D eigenvalue weighted by atomic mass is 10.1. The van der Waals surface area contributed by atoms with Crippen LogP contribution in [0, 0.1) is 0 Å². The number of alkyl halides is 6. The Morgan fingerprint density at radius 3 is 1.81 bits per heavy atom. The summed E-state index contributed by atoms with van der Waals surface area (Å²) in [6, 6.07) is 0. The van der Waals surface area contributed by atoms with Crippen LogP contribution in [0.5, 0.6) is 0 Å². The van der Waals surface area contributed by atoms with Crippen molar-refractivity contribution in [2.75, 3.05) is 0 Å². The number of hydrogen-bond donors (Lipinski definition) is 0. The minimum absolute atomic E-state index is 0.0438. The third-order valence-corrected chi connectivity index (χ3v) is 2.85. The van der Waals surface area contributed by atoms with Gasteiger partial charge in [-0.3, -0.25) is 4.79 Å². The molecule has 0 heterocycles. The molecule has 0 saturated heterocycles. The standard InChI is InChI=1S/C13H20F6O2/c1-10(20)21-11(13(17,18)19)8-6-4-2-3-5-7-9-12(14,15)16/h11H,2-9H2,1H3. The van der Waals surface area contributed by atoms with Crippen molar-refractivity contribution in [1.29, 1.82) is 0 Å². The van der Waals surface area contributed by atoms with E-state index in [9.17, 15) is 31.1 Å². The topological polar surface area (TPSA) is 26.3 Å². The monoisotopic (exact) mass is 322 g/mol. The Balaban J connectivity index is 3.70. The highest BCUT2D eigenvalue weighted by molar-refractivity contribution is 5.66. The summed E-state index contributed by atoms with van der Waals surface area (Å²) in [5, 5.41) is 0. The van der Waals surface area contributed by atoms with Gasteiger partial charge in [0.15, 0.2) is 6.10 Å². The summed E-state index contributed by atoms with van der Waals surface area (Å²) in [6.45, 7) is 0.916. The number of esters is 1. The first-order valence-corrected chi connectivity index (χ1v) is 6.83. The maximum atomic E-state index is 12.5. The van der Waals surface area contributed by atoms with E-state index < -0.39 is 30.8 Å². The molecule has 0 rings (SSSR count). The lowest BCUT2D eigenvalue weighted by molar-refractivity contribution is -0.221. The Bertz CT molecular complexity index is 298. The first-order chi connectivity index (χ1) is 9.52. The predicted octanol–water partition coefficient (Wildman–Crippen LogP) is 5.16. The second-order valence-electron chi connectivity index (χ2n) is 4.91. The fourth-order valence-electron chi connectivity index (χ4n) is 1.85. The normalized spacial score (nSPS) is 14.0. The largest absolute Gasteiger partial charge is 0.453 e. The predicted molar refractivity (Wildman–Crippen MR) is 64.6 cm³/mol. The van der Waals surface area contributed by atoms with Gasteiger partial charge in [-0.2, -0.15) is 26.3 Å². The van der Waals surface area contributed by atoms with Crippen molar-refractivity contribution in [3.63, 3.8) is 0 Å². The third-order valence-electron chi connectivity index (χ3n) is 2.85. The maximum Gasteiger partial charge on any atom is 0.425 e. The molecule has 0 amide bonds. The van der Waals surface area contributed by atoms with Gasteiger partial charge in [0.1, 0.15) is 0 Å². The Kier molecular flexibility index (Phi) is 8.73. The smallest absolute Gasteiger partial charge is 0.425 e. The zero-order valence-corrected chi connectivity index (χ0v) is 11.8. The molecule has 0 aromatic heterocycles. The van der Waals surface area contributed by atoms with Crippen molar-refractivity contribution in [2.24, 2.45) is 0 Å². The summed E-state index contributed by atoms with van der Waals surface area (Å²) in [5.41, 5.74) is 0. The fourth-order valence-corrected chi connectivity index (χ4v) is 1.85. The second-order valence-corrected chi connectivity index (χ2v) is 4.91. The van der Waals surface area contributed by atoms with Crippen LogP contribution >= 0.6 is 0 Å². The summed E-state index contributed by atoms with van der Waals surface area (Å²) < 4.78 is 77.2. The van der Waals surface area contributed by atoms with Gasteiger partial charge in [0, 0.05) is 13.3 Å². The summed E-state index contributed by atoms with van der Waals surface area (Å²) in [4.78, 5) is 10.6. The molecule has 0 aliphatic carbocycles. The van der Waals surface area contributed by atoms with E-state index >= 15 is 0 Å². The second kappa shape index (κ2) is 9.15. The van der Waals surface area contributed by atoms with Gasteiger partial charge in [0.2, 0.25) is 0 Å². The zero-order chi connectivity index (χ0) is 16.5. The average Bonchev–Trinajstić information content (AvgIpc) is 2.27. The van der Waals surface area contributed by atoms with Gasteiger partial charge < -0.3 is 4.74 Å².